The van der Waals surface area contributed by atoms with Crippen LogP contribution in [0.15, 0.2) is 28.6 Å². The van der Waals surface area contributed by atoms with Gasteiger partial charge in [-0.05, 0) is 36.0 Å². The number of aromatic nitrogens is 3. The number of hydrogen-bond donors (Lipinski definition) is 1. The Bertz CT molecular complexity index is 1050. The quantitative estimate of drug-likeness (QED) is 0.609. The Kier molecular flexibility index (Phi) is 6.11. The molecule has 0 amide bonds. The molecule has 4 rings (SSSR count). The second-order valence-corrected chi connectivity index (χ2v) is 9.89. The van der Waals surface area contributed by atoms with Crippen LogP contribution in [0.1, 0.15) is 51.6 Å². The molecule has 1 aliphatic carbocycles. The van der Waals surface area contributed by atoms with E-state index in [1.165, 1.54) is 0 Å². The number of carbonyl (C=O) groups is 1. The molecule has 1 N–H and O–H groups in total. The van der Waals surface area contributed by atoms with Crippen LogP contribution in [-0.4, -0.2) is 47.6 Å². The number of benzene rings is 1. The molecule has 9 heteroatoms. The maximum atomic E-state index is 13.4. The third kappa shape index (κ3) is 3.94. The van der Waals surface area contributed by atoms with Gasteiger partial charge in [0.15, 0.2) is 17.3 Å². The summed E-state index contributed by atoms with van der Waals surface area (Å²) in [7, 11) is 4.75. The van der Waals surface area contributed by atoms with Crippen molar-refractivity contribution < 1.29 is 19.0 Å². The fourth-order valence-electron chi connectivity index (χ4n) is 4.41. The molecular formula is C23H30N4O4S. The zero-order valence-corrected chi connectivity index (χ0v) is 20.3. The molecular weight excluding hydrogens is 428 g/mol. The summed E-state index contributed by atoms with van der Waals surface area (Å²) in [6.07, 6.45) is 2.27. The maximum absolute atomic E-state index is 13.4. The molecule has 172 valence electrons. The van der Waals surface area contributed by atoms with E-state index in [0.29, 0.717) is 34.8 Å². The Hall–Kier alpha value is -2.68. The van der Waals surface area contributed by atoms with Crippen molar-refractivity contribution in [3.05, 3.63) is 29.0 Å². The fraction of sp³-hybridized carbons (Fsp3) is 0.522. The minimum Gasteiger partial charge on any atom is -0.493 e. The second-order valence-electron chi connectivity index (χ2n) is 8.83. The number of carbonyl (C=O) groups excluding carboxylic acids is 1. The number of fused-ring (bicyclic) bond motifs is 1. The molecule has 1 unspecified atom stereocenters. The molecule has 1 atom stereocenters. The van der Waals surface area contributed by atoms with Gasteiger partial charge in [0, 0.05) is 23.4 Å². The van der Waals surface area contributed by atoms with Crippen LogP contribution >= 0.6 is 11.8 Å². The van der Waals surface area contributed by atoms with E-state index in [-0.39, 0.29) is 11.2 Å². The van der Waals surface area contributed by atoms with Crippen molar-refractivity contribution in [2.45, 2.75) is 51.2 Å². The van der Waals surface area contributed by atoms with Crippen molar-refractivity contribution in [1.29, 1.82) is 0 Å². The van der Waals surface area contributed by atoms with Crippen LogP contribution in [0.4, 0.5) is 5.95 Å². The number of thioether (sulfide) groups is 1. The van der Waals surface area contributed by atoms with Gasteiger partial charge in [-0.15, -0.1) is 5.10 Å². The molecule has 1 aliphatic heterocycles. The van der Waals surface area contributed by atoms with Gasteiger partial charge in [-0.25, -0.2) is 4.68 Å². The summed E-state index contributed by atoms with van der Waals surface area (Å²) < 4.78 is 18.5. The number of ether oxygens (including phenoxy) is 3. The number of allylic oxidation sites excluding steroid dienone is 2. The monoisotopic (exact) mass is 458 g/mol. The van der Waals surface area contributed by atoms with Crippen molar-refractivity contribution >= 4 is 23.5 Å². The first-order chi connectivity index (χ1) is 15.3. The Balaban J connectivity index is 1.91. The molecule has 0 saturated heterocycles. The van der Waals surface area contributed by atoms with E-state index >= 15 is 0 Å². The van der Waals surface area contributed by atoms with Crippen LogP contribution in [0, 0.1) is 5.41 Å². The standard InChI is InChI=1S/C23H30N4O4S/c1-7-8-32-22-25-21-24-14-11-23(2,3)12-15(28)18(14)19(27(21)26-22)13-9-16(29-4)20(31-6)17(10-13)30-5/h9-10,19H,7-8,11-12H2,1-6H3,(H,24,25,26). The zero-order valence-electron chi connectivity index (χ0n) is 19.4. The second kappa shape index (κ2) is 8.69. The molecule has 2 aromatic rings. The van der Waals surface area contributed by atoms with Gasteiger partial charge >= 0.3 is 0 Å². The van der Waals surface area contributed by atoms with Crippen molar-refractivity contribution in [1.82, 2.24) is 14.8 Å². The number of ketones is 1. The largest absolute Gasteiger partial charge is 0.493 e. The molecule has 2 heterocycles. The highest BCUT2D eigenvalue weighted by atomic mass is 32.2. The third-order valence-electron chi connectivity index (χ3n) is 5.75. The van der Waals surface area contributed by atoms with Crippen LogP contribution in [-0.2, 0) is 4.79 Å². The molecule has 0 saturated carbocycles. The van der Waals surface area contributed by atoms with Crippen LogP contribution in [0.5, 0.6) is 17.2 Å². The molecule has 0 bridgehead atoms. The molecule has 0 radical (unpaired) electrons. The predicted molar refractivity (Wildman–Crippen MR) is 124 cm³/mol. The number of methoxy groups -OCH3 is 3. The van der Waals surface area contributed by atoms with E-state index in [1.807, 2.05) is 16.8 Å². The van der Waals surface area contributed by atoms with Crippen LogP contribution in [0.25, 0.3) is 0 Å². The van der Waals surface area contributed by atoms with E-state index < -0.39 is 6.04 Å². The number of rotatable bonds is 7. The molecule has 32 heavy (non-hydrogen) atoms. The minimum absolute atomic E-state index is 0.117. The van der Waals surface area contributed by atoms with Crippen LogP contribution < -0.4 is 19.5 Å². The van der Waals surface area contributed by atoms with Gasteiger partial charge in [0.05, 0.1) is 21.3 Å². The molecule has 0 spiro atoms. The van der Waals surface area contributed by atoms with Gasteiger partial charge < -0.3 is 19.5 Å². The maximum Gasteiger partial charge on any atom is 0.227 e. The highest BCUT2D eigenvalue weighted by Gasteiger charge is 2.42. The number of nitrogens with one attached hydrogen (secondary N) is 1. The van der Waals surface area contributed by atoms with Crippen molar-refractivity contribution in [3.8, 4) is 17.2 Å². The number of anilines is 1. The summed E-state index contributed by atoms with van der Waals surface area (Å²) in [5, 5.41) is 8.87. The summed E-state index contributed by atoms with van der Waals surface area (Å²) in [6.45, 7) is 6.36. The normalized spacial score (nSPS) is 19.2. The Morgan fingerprint density at radius 3 is 2.44 bits per heavy atom. The molecule has 8 nitrogen and oxygen atoms in total. The Morgan fingerprint density at radius 2 is 1.84 bits per heavy atom. The average molecular weight is 459 g/mol. The summed E-state index contributed by atoms with van der Waals surface area (Å²) >= 11 is 1.61. The van der Waals surface area contributed by atoms with Gasteiger partial charge in [0.1, 0.15) is 6.04 Å². The van der Waals surface area contributed by atoms with Gasteiger partial charge in [-0.2, -0.15) is 4.98 Å². The van der Waals surface area contributed by atoms with Crippen molar-refractivity contribution in [2.24, 2.45) is 5.41 Å². The lowest BCUT2D eigenvalue weighted by molar-refractivity contribution is -0.118. The van der Waals surface area contributed by atoms with Crippen molar-refractivity contribution in [3.63, 3.8) is 0 Å². The smallest absolute Gasteiger partial charge is 0.227 e. The topological polar surface area (TPSA) is 87.5 Å². The Morgan fingerprint density at radius 1 is 1.16 bits per heavy atom. The first kappa shape index (κ1) is 22.5. The average Bonchev–Trinajstić information content (AvgIpc) is 3.16. The molecule has 1 aromatic carbocycles. The predicted octanol–water partition coefficient (Wildman–Crippen LogP) is 4.46. The lowest BCUT2D eigenvalue weighted by Crippen LogP contribution is -2.36. The first-order valence-electron chi connectivity index (χ1n) is 10.7. The lowest BCUT2D eigenvalue weighted by Gasteiger charge is -2.38. The van der Waals surface area contributed by atoms with Gasteiger partial charge in [-0.1, -0.05) is 32.5 Å². The zero-order chi connectivity index (χ0) is 23.0. The number of hydrogen-bond acceptors (Lipinski definition) is 8. The third-order valence-corrected chi connectivity index (χ3v) is 6.79. The van der Waals surface area contributed by atoms with Crippen LogP contribution in [0.3, 0.4) is 0 Å². The van der Waals surface area contributed by atoms with E-state index in [4.69, 9.17) is 24.3 Å². The minimum atomic E-state index is -0.429. The highest BCUT2D eigenvalue weighted by molar-refractivity contribution is 7.99. The van der Waals surface area contributed by atoms with E-state index in [1.54, 1.807) is 33.1 Å². The van der Waals surface area contributed by atoms with Gasteiger partial charge in [-0.3, -0.25) is 4.79 Å². The summed E-state index contributed by atoms with van der Waals surface area (Å²) in [5.74, 6) is 3.27. The SMILES string of the molecule is CCCSc1nc2n(n1)C(c1cc(OC)c(OC)c(OC)c1)C1=C(CC(C)(C)CC1=O)N2. The fourth-order valence-corrected chi connectivity index (χ4v) is 5.09. The molecule has 2 aliphatic rings. The molecule has 0 fully saturated rings. The van der Waals surface area contributed by atoms with Gasteiger partial charge in [0.25, 0.3) is 0 Å². The summed E-state index contributed by atoms with van der Waals surface area (Å²) in [4.78, 5) is 18.1. The van der Waals surface area contributed by atoms with Crippen molar-refractivity contribution in [2.75, 3.05) is 32.4 Å². The summed E-state index contributed by atoms with van der Waals surface area (Å²) in [6, 6.07) is 3.35. The first-order valence-corrected chi connectivity index (χ1v) is 11.7. The van der Waals surface area contributed by atoms with Crippen LogP contribution in [0.2, 0.25) is 0 Å². The van der Waals surface area contributed by atoms with E-state index in [0.717, 1.165) is 35.4 Å². The van der Waals surface area contributed by atoms with Gasteiger partial charge in [0.2, 0.25) is 16.9 Å². The number of nitrogens with zero attached hydrogens (tertiary/aromatic N) is 3. The summed E-state index contributed by atoms with van der Waals surface area (Å²) in [5.41, 5.74) is 2.35. The van der Waals surface area contributed by atoms with E-state index in [2.05, 4.69) is 26.1 Å². The number of Topliss-reactive ketones (excluding diaryl/α,β-unsaturated/α-hetero) is 1. The van der Waals surface area contributed by atoms with E-state index in [9.17, 15) is 4.79 Å². The highest BCUT2D eigenvalue weighted by Crippen LogP contribution is 2.48. The Labute approximate surface area is 192 Å². The molecule has 1 aromatic heterocycles. The lowest BCUT2D eigenvalue weighted by atomic mass is 9.73.